The molecule has 1 aromatic rings. The van der Waals surface area contributed by atoms with Gasteiger partial charge in [0, 0.05) is 57.1 Å². The first-order valence-corrected chi connectivity index (χ1v) is 19.2. The first-order valence-electron chi connectivity index (χ1n) is 18.3. The number of fused-ring (bicyclic) bond motifs is 1. The first kappa shape index (κ1) is 39.1. The van der Waals surface area contributed by atoms with E-state index in [4.69, 9.17) is 14.2 Å². The topological polar surface area (TPSA) is 138 Å². The SMILES string of the molecule is C=CCCC(=O)N[C@H](C)[C@@H](OC(=O)[C@H]1[C@@H]2O[C@@]3(CC2Br)[C@@H]1C(=O)N(CCCCCO)[C@@H]3C(=O)N(CC=C)CCN1CCOCC1)c1ccccc1. The highest BCUT2D eigenvalue weighted by atomic mass is 79.9. The number of morpholine rings is 1. The Labute approximate surface area is 309 Å². The van der Waals surface area contributed by atoms with Crippen molar-refractivity contribution in [2.24, 2.45) is 11.8 Å². The van der Waals surface area contributed by atoms with Crippen molar-refractivity contribution in [1.29, 1.82) is 0 Å². The third kappa shape index (κ3) is 8.59. The van der Waals surface area contributed by atoms with Crippen molar-refractivity contribution in [2.75, 3.05) is 59.1 Å². The number of halogens is 1. The zero-order valence-corrected chi connectivity index (χ0v) is 31.2. The lowest BCUT2D eigenvalue weighted by atomic mass is 9.70. The number of aliphatic hydroxyl groups is 1. The molecule has 0 saturated carbocycles. The minimum absolute atomic E-state index is 0.0389. The van der Waals surface area contributed by atoms with Gasteiger partial charge in [0.25, 0.3) is 0 Å². The smallest absolute Gasteiger partial charge is 0.313 e. The lowest BCUT2D eigenvalue weighted by molar-refractivity contribution is -0.162. The third-order valence-corrected chi connectivity index (χ3v) is 11.4. The van der Waals surface area contributed by atoms with Crippen LogP contribution in [0.1, 0.15) is 57.1 Å². The maximum atomic E-state index is 14.7. The van der Waals surface area contributed by atoms with Gasteiger partial charge in [0.15, 0.2) is 0 Å². The molecule has 4 saturated heterocycles. The Morgan fingerprint density at radius 1 is 1.14 bits per heavy atom. The van der Waals surface area contributed by atoms with Crippen molar-refractivity contribution in [3.05, 3.63) is 61.2 Å². The summed E-state index contributed by atoms with van der Waals surface area (Å²) < 4.78 is 18.5. The maximum absolute atomic E-state index is 14.7. The Bertz CT molecular complexity index is 1390. The molecule has 1 spiro atoms. The van der Waals surface area contributed by atoms with Gasteiger partial charge in [-0.25, -0.2) is 0 Å². The molecule has 13 heteroatoms. The fraction of sp³-hybridized carbons (Fsp3) is 0.632. The van der Waals surface area contributed by atoms with E-state index < -0.39 is 47.7 Å². The van der Waals surface area contributed by atoms with E-state index in [9.17, 15) is 24.3 Å². The highest BCUT2D eigenvalue weighted by molar-refractivity contribution is 9.09. The van der Waals surface area contributed by atoms with Gasteiger partial charge in [-0.3, -0.25) is 24.1 Å². The molecule has 4 aliphatic rings. The van der Waals surface area contributed by atoms with Gasteiger partial charge in [0.1, 0.15) is 17.7 Å². The third-order valence-electron chi connectivity index (χ3n) is 10.6. The fourth-order valence-electron chi connectivity index (χ4n) is 8.14. The van der Waals surface area contributed by atoms with Gasteiger partial charge >= 0.3 is 5.97 Å². The minimum Gasteiger partial charge on any atom is -0.455 e. The van der Waals surface area contributed by atoms with Gasteiger partial charge in [0.05, 0.1) is 37.2 Å². The molecule has 0 aromatic heterocycles. The molecule has 3 amide bonds. The van der Waals surface area contributed by atoms with Crippen molar-refractivity contribution in [3.8, 4) is 0 Å². The highest BCUT2D eigenvalue weighted by Crippen LogP contribution is 2.60. The molecule has 1 unspecified atom stereocenters. The van der Waals surface area contributed by atoms with Gasteiger partial charge in [0.2, 0.25) is 17.7 Å². The molecule has 12 nitrogen and oxygen atoms in total. The van der Waals surface area contributed by atoms with Crippen LogP contribution in [0.25, 0.3) is 0 Å². The molecule has 1 aromatic carbocycles. The number of ether oxygens (including phenoxy) is 3. The minimum atomic E-state index is -1.24. The summed E-state index contributed by atoms with van der Waals surface area (Å²) in [7, 11) is 0. The number of esters is 1. The molecule has 4 fully saturated rings. The zero-order valence-electron chi connectivity index (χ0n) is 29.6. The number of likely N-dealkylation sites (tertiary alicyclic amines) is 1. The first-order chi connectivity index (χ1) is 24.7. The van der Waals surface area contributed by atoms with Gasteiger partial charge < -0.3 is 34.4 Å². The molecule has 2 bridgehead atoms. The van der Waals surface area contributed by atoms with E-state index in [-0.39, 0.29) is 35.6 Å². The Hall–Kier alpha value is -3.10. The lowest BCUT2D eigenvalue weighted by Crippen LogP contribution is -2.57. The Morgan fingerprint density at radius 3 is 2.57 bits per heavy atom. The Kier molecular flexibility index (Phi) is 13.9. The second-order valence-corrected chi connectivity index (χ2v) is 15.1. The van der Waals surface area contributed by atoms with E-state index in [1.807, 2.05) is 30.3 Å². The second-order valence-electron chi connectivity index (χ2n) is 14.0. The largest absolute Gasteiger partial charge is 0.455 e. The van der Waals surface area contributed by atoms with E-state index in [2.05, 4.69) is 39.3 Å². The van der Waals surface area contributed by atoms with Crippen LogP contribution in [-0.2, 0) is 33.4 Å². The molecule has 2 N–H and O–H groups in total. The number of alkyl halides is 1. The lowest BCUT2D eigenvalue weighted by Gasteiger charge is -2.38. The molecule has 4 aliphatic heterocycles. The van der Waals surface area contributed by atoms with Crippen LogP contribution >= 0.6 is 15.9 Å². The molecule has 0 radical (unpaired) electrons. The van der Waals surface area contributed by atoms with Crippen LogP contribution in [0.3, 0.4) is 0 Å². The van der Waals surface area contributed by atoms with Crippen LogP contribution in [0.4, 0.5) is 0 Å². The molecule has 51 heavy (non-hydrogen) atoms. The van der Waals surface area contributed by atoms with Crippen molar-refractivity contribution in [3.63, 3.8) is 0 Å². The van der Waals surface area contributed by atoms with E-state index in [1.54, 1.807) is 28.9 Å². The number of aliphatic hydroxyl groups excluding tert-OH is 1. The van der Waals surface area contributed by atoms with E-state index in [0.717, 1.165) is 13.1 Å². The van der Waals surface area contributed by atoms with E-state index >= 15 is 0 Å². The van der Waals surface area contributed by atoms with Gasteiger partial charge in [-0.05, 0) is 44.6 Å². The maximum Gasteiger partial charge on any atom is 0.313 e. The highest BCUT2D eigenvalue weighted by Gasteiger charge is 2.77. The molecule has 4 heterocycles. The summed E-state index contributed by atoms with van der Waals surface area (Å²) in [5.41, 5.74) is -0.535. The summed E-state index contributed by atoms with van der Waals surface area (Å²) >= 11 is 3.76. The van der Waals surface area contributed by atoms with E-state index in [0.29, 0.717) is 77.1 Å². The standard InChI is InChI=1S/C38H53BrN4O8/c1-4-6-15-29(45)40-26(3)32(27-13-9-7-10-14-27)50-37(48)30-31-35(46)43(17-11-8-12-22-44)34(38(31)25-28(39)33(30)51-38)36(47)42(16-5-2)19-18-41-20-23-49-24-21-41/h4-5,7,9-10,13-14,26,28,30-34,44H,1-2,6,8,11-12,15-25H2,3H3,(H,40,45)/t26-,28?,30-,31+,32-,33-,34-,38+/m1/s1. The van der Waals surface area contributed by atoms with Gasteiger partial charge in [-0.2, -0.15) is 0 Å². The van der Waals surface area contributed by atoms with Crippen LogP contribution in [0, 0.1) is 11.8 Å². The molecule has 0 aliphatic carbocycles. The van der Waals surface area contributed by atoms with Crippen LogP contribution < -0.4 is 5.32 Å². The summed E-state index contributed by atoms with van der Waals surface area (Å²) in [6, 6.07) is 7.70. The average Bonchev–Trinajstić information content (AvgIpc) is 3.73. The normalized spacial score (nSPS) is 28.2. The van der Waals surface area contributed by atoms with Crippen molar-refractivity contribution in [2.45, 2.75) is 80.2 Å². The number of allylic oxidation sites excluding steroid dienone is 1. The number of unbranched alkanes of at least 4 members (excludes halogenated alkanes) is 2. The predicted molar refractivity (Wildman–Crippen MR) is 195 cm³/mol. The number of hydrogen-bond donors (Lipinski definition) is 2. The zero-order chi connectivity index (χ0) is 36.5. The summed E-state index contributed by atoms with van der Waals surface area (Å²) in [5, 5.41) is 12.4. The number of carbonyl (C=O) groups excluding carboxylic acids is 4. The number of nitrogens with zero attached hydrogens (tertiary/aromatic N) is 3. The van der Waals surface area contributed by atoms with Crippen LogP contribution in [0.5, 0.6) is 0 Å². The van der Waals surface area contributed by atoms with Gasteiger partial charge in [-0.1, -0.05) is 58.4 Å². The molecule has 280 valence electrons. The van der Waals surface area contributed by atoms with Crippen LogP contribution in [0.2, 0.25) is 0 Å². The number of hydrogen-bond acceptors (Lipinski definition) is 9. The van der Waals surface area contributed by atoms with Crippen molar-refractivity contribution >= 4 is 39.6 Å². The number of carbonyl (C=O) groups is 4. The number of amides is 3. The van der Waals surface area contributed by atoms with Gasteiger partial charge in [-0.15, -0.1) is 13.2 Å². The van der Waals surface area contributed by atoms with Crippen molar-refractivity contribution in [1.82, 2.24) is 20.0 Å². The summed E-state index contributed by atoms with van der Waals surface area (Å²) in [6.07, 6.45) is 4.84. The average molecular weight is 774 g/mol. The van der Waals surface area contributed by atoms with E-state index in [1.165, 1.54) is 0 Å². The molecular weight excluding hydrogens is 720 g/mol. The summed E-state index contributed by atoms with van der Waals surface area (Å²) in [6.45, 7) is 14.0. The quantitative estimate of drug-likeness (QED) is 0.0942. The van der Waals surface area contributed by atoms with Crippen LogP contribution in [-0.4, -0.2) is 131 Å². The number of nitrogens with one attached hydrogen (secondary N) is 1. The fourth-order valence-corrected chi connectivity index (χ4v) is 9.08. The van der Waals surface area contributed by atoms with Crippen LogP contribution in [0.15, 0.2) is 55.6 Å². The molecule has 8 atom stereocenters. The monoisotopic (exact) mass is 772 g/mol. The second kappa shape index (κ2) is 18.1. The molecule has 5 rings (SSSR count). The predicted octanol–water partition coefficient (Wildman–Crippen LogP) is 3.00. The van der Waals surface area contributed by atoms with Crippen molar-refractivity contribution < 1.29 is 38.5 Å². The number of rotatable bonds is 19. The Morgan fingerprint density at radius 2 is 1.88 bits per heavy atom. The summed E-state index contributed by atoms with van der Waals surface area (Å²) in [4.78, 5) is 61.8. The molecular formula is C38H53BrN4O8. The number of benzene rings is 1. The Balaban J connectivity index is 1.43. The summed E-state index contributed by atoms with van der Waals surface area (Å²) in [5.74, 6) is -3.21.